The van der Waals surface area contributed by atoms with Crippen LogP contribution in [0.3, 0.4) is 0 Å². The lowest BCUT2D eigenvalue weighted by Crippen LogP contribution is -2.24. The Kier molecular flexibility index (Phi) is 4.19. The zero-order valence-electron chi connectivity index (χ0n) is 14.0. The van der Waals surface area contributed by atoms with Crippen LogP contribution in [0.15, 0.2) is 64.5 Å². The number of nitrogens with zero attached hydrogens (tertiary/aromatic N) is 5. The van der Waals surface area contributed by atoms with Gasteiger partial charge in [-0.3, -0.25) is 13.8 Å². The highest BCUT2D eigenvalue weighted by molar-refractivity contribution is 8.00. The molecule has 0 N–H and O–H groups in total. The minimum absolute atomic E-state index is 0.103. The van der Waals surface area contributed by atoms with E-state index in [9.17, 15) is 4.79 Å². The van der Waals surface area contributed by atoms with E-state index in [0.29, 0.717) is 22.9 Å². The molecule has 4 rings (SSSR count). The molecule has 7 heteroatoms. The van der Waals surface area contributed by atoms with Crippen LogP contribution in [0.25, 0.3) is 16.7 Å². The van der Waals surface area contributed by atoms with Gasteiger partial charge in [0, 0.05) is 0 Å². The lowest BCUT2D eigenvalue weighted by Gasteiger charge is -2.11. The van der Waals surface area contributed by atoms with Gasteiger partial charge in [-0.2, -0.15) is 5.26 Å². The Morgan fingerprint density at radius 1 is 1.12 bits per heavy atom. The molecule has 2 aromatic carbocycles. The largest absolute Gasteiger partial charge is 0.272 e. The molecule has 6 nitrogen and oxygen atoms in total. The molecule has 4 aromatic rings. The first-order valence-electron chi connectivity index (χ1n) is 8.16. The van der Waals surface area contributed by atoms with Crippen molar-refractivity contribution >= 4 is 28.4 Å². The summed E-state index contributed by atoms with van der Waals surface area (Å²) in [4.78, 5) is 13.1. The Morgan fingerprint density at radius 2 is 1.85 bits per heavy atom. The highest BCUT2D eigenvalue weighted by Crippen LogP contribution is 2.24. The van der Waals surface area contributed by atoms with Crippen LogP contribution in [0.4, 0.5) is 0 Å². The van der Waals surface area contributed by atoms with Crippen LogP contribution in [0.1, 0.15) is 12.5 Å². The summed E-state index contributed by atoms with van der Waals surface area (Å²) >= 11 is 1.33. The second-order valence-electron chi connectivity index (χ2n) is 5.90. The summed E-state index contributed by atoms with van der Waals surface area (Å²) in [6.45, 7) is 2.22. The lowest BCUT2D eigenvalue weighted by molar-refractivity contribution is 0.764. The molecule has 26 heavy (non-hydrogen) atoms. The van der Waals surface area contributed by atoms with Crippen LogP contribution < -0.4 is 5.56 Å². The van der Waals surface area contributed by atoms with Crippen LogP contribution in [0.5, 0.6) is 0 Å². The van der Waals surface area contributed by atoms with E-state index in [1.54, 1.807) is 10.6 Å². The SMILES string of the molecule is C[C@@H](C#N)Sc1nnc2n(Cc3ccccc3)c(=O)c3ccccc3n12. The van der Waals surface area contributed by atoms with Crippen LogP contribution >= 0.6 is 11.8 Å². The normalized spacial score (nSPS) is 12.3. The van der Waals surface area contributed by atoms with Crippen molar-refractivity contribution in [1.82, 2.24) is 19.2 Å². The predicted octanol–water partition coefficient (Wildman–Crippen LogP) is 3.10. The van der Waals surface area contributed by atoms with Gasteiger partial charge in [0.25, 0.3) is 5.56 Å². The number of benzene rings is 2. The van der Waals surface area contributed by atoms with Crippen molar-refractivity contribution in [1.29, 1.82) is 5.26 Å². The van der Waals surface area contributed by atoms with Gasteiger partial charge in [0.1, 0.15) is 0 Å². The average Bonchev–Trinajstić information content (AvgIpc) is 3.09. The fraction of sp³-hybridized carbons (Fsp3) is 0.158. The van der Waals surface area contributed by atoms with E-state index in [0.717, 1.165) is 11.1 Å². The minimum atomic E-state index is -0.268. The van der Waals surface area contributed by atoms with E-state index < -0.39 is 0 Å². The third kappa shape index (κ3) is 2.74. The van der Waals surface area contributed by atoms with Crippen molar-refractivity contribution in [3.63, 3.8) is 0 Å². The molecule has 0 unspecified atom stereocenters. The molecule has 0 bridgehead atoms. The zero-order valence-corrected chi connectivity index (χ0v) is 14.8. The molecule has 0 amide bonds. The summed E-state index contributed by atoms with van der Waals surface area (Å²) in [7, 11) is 0. The Hall–Kier alpha value is -3.11. The number of rotatable bonds is 4. The third-order valence-corrected chi connectivity index (χ3v) is 5.06. The van der Waals surface area contributed by atoms with E-state index >= 15 is 0 Å². The quantitative estimate of drug-likeness (QED) is 0.522. The van der Waals surface area contributed by atoms with Gasteiger partial charge in [0.2, 0.25) is 5.78 Å². The van der Waals surface area contributed by atoms with Crippen molar-refractivity contribution in [2.45, 2.75) is 23.9 Å². The second kappa shape index (κ2) is 6.65. The average molecular weight is 361 g/mol. The van der Waals surface area contributed by atoms with Gasteiger partial charge in [-0.25, -0.2) is 0 Å². The Morgan fingerprint density at radius 3 is 2.62 bits per heavy atom. The van der Waals surface area contributed by atoms with Crippen molar-refractivity contribution < 1.29 is 0 Å². The second-order valence-corrected chi connectivity index (χ2v) is 7.21. The summed E-state index contributed by atoms with van der Waals surface area (Å²) in [6.07, 6.45) is 0. The zero-order chi connectivity index (χ0) is 18.1. The highest BCUT2D eigenvalue weighted by atomic mass is 32.2. The number of thioether (sulfide) groups is 1. The van der Waals surface area contributed by atoms with Crippen molar-refractivity contribution in [3.8, 4) is 6.07 Å². The van der Waals surface area contributed by atoms with E-state index in [1.807, 2.05) is 59.9 Å². The molecular weight excluding hydrogens is 346 g/mol. The van der Waals surface area contributed by atoms with E-state index in [2.05, 4.69) is 16.3 Å². The number of fused-ring (bicyclic) bond motifs is 3. The van der Waals surface area contributed by atoms with E-state index in [4.69, 9.17) is 5.26 Å². The first-order chi connectivity index (χ1) is 12.7. The first kappa shape index (κ1) is 16.4. The summed E-state index contributed by atoms with van der Waals surface area (Å²) in [6, 6.07) is 19.4. The molecule has 0 fully saturated rings. The smallest absolute Gasteiger partial charge is 0.263 e. The monoisotopic (exact) mass is 361 g/mol. The van der Waals surface area contributed by atoms with E-state index in [-0.39, 0.29) is 10.8 Å². The third-order valence-electron chi connectivity index (χ3n) is 4.13. The summed E-state index contributed by atoms with van der Waals surface area (Å²) in [5, 5.41) is 18.6. The molecule has 0 saturated heterocycles. The van der Waals surface area contributed by atoms with Crippen LogP contribution in [0, 0.1) is 11.3 Å². The molecule has 0 aliphatic carbocycles. The highest BCUT2D eigenvalue weighted by Gasteiger charge is 2.18. The van der Waals surface area contributed by atoms with Crippen LogP contribution in [-0.2, 0) is 6.54 Å². The molecule has 0 aliphatic rings. The topological polar surface area (TPSA) is 76.0 Å². The summed E-state index contributed by atoms with van der Waals surface area (Å²) in [5.41, 5.74) is 1.65. The number of hydrogen-bond donors (Lipinski definition) is 0. The summed E-state index contributed by atoms with van der Waals surface area (Å²) < 4.78 is 3.49. The fourth-order valence-corrected chi connectivity index (χ4v) is 3.65. The van der Waals surface area contributed by atoms with Gasteiger partial charge >= 0.3 is 0 Å². The minimum Gasteiger partial charge on any atom is -0.272 e. The molecule has 0 radical (unpaired) electrons. The molecule has 0 spiro atoms. The lowest BCUT2D eigenvalue weighted by atomic mass is 10.2. The number of aromatic nitrogens is 4. The molecule has 2 aromatic heterocycles. The van der Waals surface area contributed by atoms with Gasteiger partial charge in [-0.15, -0.1) is 10.2 Å². The van der Waals surface area contributed by atoms with Crippen molar-refractivity contribution in [2.24, 2.45) is 0 Å². The van der Waals surface area contributed by atoms with Gasteiger partial charge < -0.3 is 0 Å². The molecular formula is C19H15N5OS. The molecule has 1 atom stereocenters. The van der Waals surface area contributed by atoms with Gasteiger partial charge in [0.05, 0.1) is 28.8 Å². The fourth-order valence-electron chi connectivity index (χ4n) is 2.90. The number of hydrogen-bond acceptors (Lipinski definition) is 5. The Balaban J connectivity index is 2.00. The predicted molar refractivity (Wildman–Crippen MR) is 101 cm³/mol. The molecule has 128 valence electrons. The van der Waals surface area contributed by atoms with Gasteiger partial charge in [-0.05, 0) is 24.6 Å². The van der Waals surface area contributed by atoms with Gasteiger partial charge in [-0.1, -0.05) is 54.2 Å². The maximum atomic E-state index is 13.1. The molecule has 0 aliphatic heterocycles. The maximum Gasteiger partial charge on any atom is 0.263 e. The van der Waals surface area contributed by atoms with Gasteiger partial charge in [0.15, 0.2) is 5.16 Å². The first-order valence-corrected chi connectivity index (χ1v) is 9.04. The maximum absolute atomic E-state index is 13.1. The number of para-hydroxylation sites is 1. The van der Waals surface area contributed by atoms with E-state index in [1.165, 1.54) is 11.8 Å². The van der Waals surface area contributed by atoms with Crippen molar-refractivity contribution in [3.05, 3.63) is 70.5 Å². The number of nitriles is 1. The molecule has 2 heterocycles. The summed E-state index contributed by atoms with van der Waals surface area (Å²) in [5.74, 6) is 0.477. The van der Waals surface area contributed by atoms with Crippen LogP contribution in [0.2, 0.25) is 0 Å². The standard InChI is InChI=1S/C19H15N5OS/c1-13(11-20)26-19-22-21-18-23(12-14-7-3-2-4-8-14)17(25)15-9-5-6-10-16(15)24(18)19/h2-10,13H,12H2,1H3/t13-/m0/s1. The molecule has 0 saturated carbocycles. The van der Waals surface area contributed by atoms with Crippen molar-refractivity contribution in [2.75, 3.05) is 0 Å². The Bertz CT molecular complexity index is 1190. The Labute approximate surface area is 153 Å². The van der Waals surface area contributed by atoms with Crippen LogP contribution in [-0.4, -0.2) is 24.4 Å².